The summed E-state index contributed by atoms with van der Waals surface area (Å²) in [6, 6.07) is 17.8. The maximum absolute atomic E-state index is 13.5. The van der Waals surface area contributed by atoms with Gasteiger partial charge in [-0.3, -0.25) is 0 Å². The summed E-state index contributed by atoms with van der Waals surface area (Å²) in [7, 11) is 0. The van der Waals surface area contributed by atoms with E-state index in [4.69, 9.17) is 9.72 Å². The highest BCUT2D eigenvalue weighted by molar-refractivity contribution is 6.06. The van der Waals surface area contributed by atoms with Gasteiger partial charge < -0.3 is 4.74 Å². The predicted molar refractivity (Wildman–Crippen MR) is 127 cm³/mol. The van der Waals surface area contributed by atoms with Crippen molar-refractivity contribution in [2.45, 2.75) is 40.5 Å². The summed E-state index contributed by atoms with van der Waals surface area (Å²) < 4.78 is 19.4. The number of nitrogens with zero attached hydrogens (tertiary/aromatic N) is 1. The Morgan fingerprint density at radius 3 is 2.31 bits per heavy atom. The minimum atomic E-state index is -0.432. The summed E-state index contributed by atoms with van der Waals surface area (Å²) in [5.41, 5.74) is 6.53. The molecule has 4 rings (SSSR count). The Labute approximate surface area is 187 Å². The second-order valence-electron chi connectivity index (χ2n) is 8.63. The number of hydrogen-bond acceptors (Lipinski definition) is 3. The molecule has 0 amide bonds. The number of carbonyl (C=O) groups is 1. The molecule has 0 aliphatic carbocycles. The SMILES string of the molecule is Cc1ccc(C(C)C)c(OC(=O)c2cc(-c3ccc(F)cc3)nc3c(C)cc(C)cc23)c1. The Morgan fingerprint density at radius 1 is 0.906 bits per heavy atom. The maximum atomic E-state index is 13.5. The van der Waals surface area contributed by atoms with Crippen LogP contribution in [-0.4, -0.2) is 11.0 Å². The number of ether oxygens (including phenoxy) is 1. The van der Waals surface area contributed by atoms with Crippen LogP contribution in [0.1, 0.15) is 52.4 Å². The Morgan fingerprint density at radius 2 is 1.62 bits per heavy atom. The van der Waals surface area contributed by atoms with E-state index in [-0.39, 0.29) is 11.7 Å². The second kappa shape index (κ2) is 8.54. The molecule has 0 aliphatic heterocycles. The molecule has 0 fully saturated rings. The van der Waals surface area contributed by atoms with Crippen molar-refractivity contribution < 1.29 is 13.9 Å². The minimum absolute atomic E-state index is 0.215. The Balaban J connectivity index is 1.88. The first-order valence-corrected chi connectivity index (χ1v) is 10.7. The number of esters is 1. The van der Waals surface area contributed by atoms with Crippen molar-refractivity contribution >= 4 is 16.9 Å². The Hall–Kier alpha value is -3.53. The molecular weight excluding hydrogens is 401 g/mol. The van der Waals surface area contributed by atoms with Gasteiger partial charge in [-0.15, -0.1) is 0 Å². The van der Waals surface area contributed by atoms with E-state index in [1.54, 1.807) is 18.2 Å². The van der Waals surface area contributed by atoms with E-state index in [9.17, 15) is 9.18 Å². The molecule has 4 aromatic rings. The molecule has 0 bridgehead atoms. The number of fused-ring (bicyclic) bond motifs is 1. The molecule has 32 heavy (non-hydrogen) atoms. The molecule has 0 unspecified atom stereocenters. The van der Waals surface area contributed by atoms with E-state index in [0.29, 0.717) is 17.0 Å². The minimum Gasteiger partial charge on any atom is -0.423 e. The monoisotopic (exact) mass is 427 g/mol. The van der Waals surface area contributed by atoms with Crippen molar-refractivity contribution in [3.05, 3.63) is 94.3 Å². The summed E-state index contributed by atoms with van der Waals surface area (Å²) in [4.78, 5) is 18.3. The van der Waals surface area contributed by atoms with Crippen LogP contribution in [0.15, 0.2) is 60.7 Å². The number of benzene rings is 3. The van der Waals surface area contributed by atoms with E-state index in [1.165, 1.54) is 12.1 Å². The first-order valence-electron chi connectivity index (χ1n) is 10.7. The van der Waals surface area contributed by atoms with Crippen molar-refractivity contribution in [2.24, 2.45) is 0 Å². The molecule has 0 saturated heterocycles. The van der Waals surface area contributed by atoms with Crippen LogP contribution in [0.4, 0.5) is 4.39 Å². The normalized spacial score (nSPS) is 11.2. The van der Waals surface area contributed by atoms with Gasteiger partial charge in [0, 0.05) is 10.9 Å². The van der Waals surface area contributed by atoms with E-state index in [1.807, 2.05) is 51.1 Å². The lowest BCUT2D eigenvalue weighted by molar-refractivity contribution is 0.0735. The quantitative estimate of drug-likeness (QED) is 0.253. The lowest BCUT2D eigenvalue weighted by Crippen LogP contribution is -2.12. The van der Waals surface area contributed by atoms with E-state index in [0.717, 1.165) is 38.7 Å². The highest BCUT2D eigenvalue weighted by atomic mass is 19.1. The first kappa shape index (κ1) is 21.7. The molecule has 1 aromatic heterocycles. The van der Waals surface area contributed by atoms with Gasteiger partial charge in [-0.25, -0.2) is 14.2 Å². The number of halogens is 1. The fourth-order valence-corrected chi connectivity index (χ4v) is 3.98. The first-order chi connectivity index (χ1) is 15.2. The molecule has 4 heteroatoms. The smallest absolute Gasteiger partial charge is 0.344 e. The van der Waals surface area contributed by atoms with Crippen LogP contribution in [0.5, 0.6) is 5.75 Å². The number of rotatable bonds is 4. The van der Waals surface area contributed by atoms with Crippen molar-refractivity contribution in [1.82, 2.24) is 4.98 Å². The summed E-state index contributed by atoms with van der Waals surface area (Å²) in [5, 5.41) is 0.747. The van der Waals surface area contributed by atoms with Gasteiger partial charge in [-0.1, -0.05) is 37.6 Å². The summed E-state index contributed by atoms with van der Waals surface area (Å²) >= 11 is 0. The molecular formula is C28H26FNO2. The van der Waals surface area contributed by atoms with Crippen LogP contribution in [0.3, 0.4) is 0 Å². The van der Waals surface area contributed by atoms with Crippen LogP contribution >= 0.6 is 0 Å². The highest BCUT2D eigenvalue weighted by Gasteiger charge is 2.19. The fourth-order valence-electron chi connectivity index (χ4n) is 3.98. The number of pyridine rings is 1. The molecule has 0 radical (unpaired) electrons. The fraction of sp³-hybridized carbons (Fsp3) is 0.214. The lowest BCUT2D eigenvalue weighted by Gasteiger charge is -2.16. The van der Waals surface area contributed by atoms with Crippen molar-refractivity contribution in [3.8, 4) is 17.0 Å². The van der Waals surface area contributed by atoms with Gasteiger partial charge in [0.25, 0.3) is 0 Å². The molecule has 0 saturated carbocycles. The summed E-state index contributed by atoms with van der Waals surface area (Å²) in [6.45, 7) is 10.1. The van der Waals surface area contributed by atoms with Gasteiger partial charge in [0.05, 0.1) is 16.8 Å². The van der Waals surface area contributed by atoms with Gasteiger partial charge in [0.15, 0.2) is 0 Å². The molecule has 3 nitrogen and oxygen atoms in total. The molecule has 162 valence electrons. The van der Waals surface area contributed by atoms with Gasteiger partial charge in [0.1, 0.15) is 11.6 Å². The van der Waals surface area contributed by atoms with Gasteiger partial charge in [-0.05, 0) is 85.8 Å². The second-order valence-corrected chi connectivity index (χ2v) is 8.63. The molecule has 0 aliphatic rings. The molecule has 0 atom stereocenters. The standard InChI is InChI=1S/C28H26FNO2/c1-16(2)22-11-6-17(3)14-26(22)32-28(31)24-15-25(20-7-9-21(29)10-8-20)30-27-19(5)12-18(4)13-23(24)27/h6-16H,1-5H3. The number of hydrogen-bond donors (Lipinski definition) is 0. The van der Waals surface area contributed by atoms with Crippen molar-refractivity contribution in [1.29, 1.82) is 0 Å². The molecule has 3 aromatic carbocycles. The van der Waals surface area contributed by atoms with Crippen LogP contribution in [0.2, 0.25) is 0 Å². The maximum Gasteiger partial charge on any atom is 0.344 e. The molecule has 1 heterocycles. The summed E-state index contributed by atoms with van der Waals surface area (Å²) in [5.74, 6) is 0.0365. The summed E-state index contributed by atoms with van der Waals surface area (Å²) in [6.07, 6.45) is 0. The van der Waals surface area contributed by atoms with Crippen molar-refractivity contribution in [3.63, 3.8) is 0 Å². The number of aromatic nitrogens is 1. The zero-order chi connectivity index (χ0) is 23.0. The molecule has 0 N–H and O–H groups in total. The average molecular weight is 428 g/mol. The average Bonchev–Trinajstić information content (AvgIpc) is 2.73. The third kappa shape index (κ3) is 4.26. The van der Waals surface area contributed by atoms with Crippen LogP contribution in [0.25, 0.3) is 22.2 Å². The van der Waals surface area contributed by atoms with Gasteiger partial charge >= 0.3 is 5.97 Å². The third-order valence-corrected chi connectivity index (χ3v) is 5.60. The van der Waals surface area contributed by atoms with E-state index >= 15 is 0 Å². The Bertz CT molecular complexity index is 1320. The number of carbonyl (C=O) groups excluding carboxylic acids is 1. The zero-order valence-electron chi connectivity index (χ0n) is 19.0. The van der Waals surface area contributed by atoms with Gasteiger partial charge in [-0.2, -0.15) is 0 Å². The largest absolute Gasteiger partial charge is 0.423 e. The van der Waals surface area contributed by atoms with Crippen LogP contribution in [-0.2, 0) is 0 Å². The van der Waals surface area contributed by atoms with E-state index in [2.05, 4.69) is 13.8 Å². The third-order valence-electron chi connectivity index (χ3n) is 5.60. The van der Waals surface area contributed by atoms with E-state index < -0.39 is 5.97 Å². The zero-order valence-corrected chi connectivity index (χ0v) is 19.0. The van der Waals surface area contributed by atoms with Crippen LogP contribution < -0.4 is 4.74 Å². The highest BCUT2D eigenvalue weighted by Crippen LogP contribution is 2.31. The van der Waals surface area contributed by atoms with Crippen LogP contribution in [0, 0.1) is 26.6 Å². The predicted octanol–water partition coefficient (Wildman–Crippen LogP) is 7.31. The lowest BCUT2D eigenvalue weighted by atomic mass is 9.99. The number of aryl methyl sites for hydroxylation is 3. The Kier molecular flexibility index (Phi) is 5.79. The van der Waals surface area contributed by atoms with Gasteiger partial charge in [0.2, 0.25) is 0 Å². The molecule has 0 spiro atoms. The topological polar surface area (TPSA) is 39.2 Å². The van der Waals surface area contributed by atoms with Crippen molar-refractivity contribution in [2.75, 3.05) is 0 Å².